The van der Waals surface area contributed by atoms with Gasteiger partial charge in [-0.15, -0.1) is 23.2 Å². The lowest BCUT2D eigenvalue weighted by Crippen LogP contribution is -2.17. The van der Waals surface area contributed by atoms with Gasteiger partial charge in [0.15, 0.2) is 5.78 Å². The first-order valence-electron chi connectivity index (χ1n) is 11.3. The molecular weight excluding hydrogens is 637 g/mol. The maximum absolute atomic E-state index is 14.4. The van der Waals surface area contributed by atoms with Gasteiger partial charge in [0.05, 0.1) is 26.0 Å². The lowest BCUT2D eigenvalue weighted by atomic mass is 9.98. The Labute approximate surface area is 252 Å². The maximum Gasteiger partial charge on any atom is 0.231 e. The number of carbonyl (C=O) groups excluding carboxylic acids is 3. The second kappa shape index (κ2) is 11.5. The van der Waals surface area contributed by atoms with Gasteiger partial charge in [-0.25, -0.2) is 8.78 Å². The summed E-state index contributed by atoms with van der Waals surface area (Å²) >= 11 is 37.2. The van der Waals surface area contributed by atoms with Gasteiger partial charge in [0.25, 0.3) is 0 Å². The Kier molecular flexibility index (Phi) is 8.87. The Balaban J connectivity index is 1.53. The molecule has 0 aliphatic heterocycles. The van der Waals surface area contributed by atoms with E-state index in [0.29, 0.717) is 11.6 Å². The molecule has 1 saturated carbocycles. The zero-order valence-electron chi connectivity index (χ0n) is 19.9. The third-order valence-corrected chi connectivity index (χ3v) is 8.71. The van der Waals surface area contributed by atoms with Crippen LogP contribution in [0.3, 0.4) is 0 Å². The number of amides is 1. The summed E-state index contributed by atoms with van der Waals surface area (Å²) in [6, 6.07) is 9.04. The number of nitrogens with one attached hydrogen (secondary N) is 1. The summed E-state index contributed by atoms with van der Waals surface area (Å²) in [5.41, 5.74) is 0.617. The Morgan fingerprint density at radius 3 is 2.03 bits per heavy atom. The highest BCUT2D eigenvalue weighted by Gasteiger charge is 2.67. The van der Waals surface area contributed by atoms with Gasteiger partial charge in [0.1, 0.15) is 21.8 Å². The van der Waals surface area contributed by atoms with E-state index in [-0.39, 0.29) is 54.7 Å². The minimum absolute atomic E-state index is 0.00192. The van der Waals surface area contributed by atoms with E-state index < -0.39 is 45.9 Å². The number of anilines is 1. The molecule has 1 amide bonds. The molecule has 0 heterocycles. The van der Waals surface area contributed by atoms with Crippen molar-refractivity contribution in [2.75, 3.05) is 5.32 Å². The van der Waals surface area contributed by atoms with Gasteiger partial charge in [0, 0.05) is 36.1 Å². The number of carbonyl (C=O) groups is 3. The largest absolute Gasteiger partial charge is 0.326 e. The predicted octanol–water partition coefficient (Wildman–Crippen LogP) is 8.66. The molecule has 0 unspecified atom stereocenters. The molecule has 0 bridgehead atoms. The monoisotopic (exact) mass is 651 g/mol. The molecule has 3 aromatic carbocycles. The first-order valence-corrected chi connectivity index (χ1v) is 13.6. The van der Waals surface area contributed by atoms with Crippen LogP contribution >= 0.6 is 69.6 Å². The smallest absolute Gasteiger partial charge is 0.231 e. The van der Waals surface area contributed by atoms with Gasteiger partial charge in [0.2, 0.25) is 5.91 Å². The van der Waals surface area contributed by atoms with Crippen molar-refractivity contribution < 1.29 is 23.2 Å². The van der Waals surface area contributed by atoms with Crippen LogP contribution in [-0.4, -0.2) is 21.8 Å². The van der Waals surface area contributed by atoms with Crippen LogP contribution in [-0.2, 0) is 22.4 Å². The van der Waals surface area contributed by atoms with Crippen molar-refractivity contribution in [2.24, 2.45) is 5.92 Å². The first kappa shape index (κ1) is 30.0. The van der Waals surface area contributed by atoms with Crippen molar-refractivity contribution in [3.05, 3.63) is 96.4 Å². The fourth-order valence-electron chi connectivity index (χ4n) is 4.31. The van der Waals surface area contributed by atoms with Crippen LogP contribution in [0.4, 0.5) is 14.5 Å². The standard InChI is InChI=1S/C27H17Cl6F2NO3/c1-11(37)4-12-5-13(21(35)10-20(12)34)8-22(38)16-9-15(2-3-17(16)28)36-26(39)24-23(27(24,32)33)14-6-18(29)25(31)19(30)7-14/h2-3,5-7,9-10,23-24H,4,8H2,1H3,(H,36,39)/t23-,24+/m0/s1. The van der Waals surface area contributed by atoms with Crippen LogP contribution in [0.1, 0.15) is 39.9 Å². The maximum atomic E-state index is 14.4. The van der Waals surface area contributed by atoms with Crippen LogP contribution in [0, 0.1) is 17.6 Å². The van der Waals surface area contributed by atoms with Gasteiger partial charge < -0.3 is 5.32 Å². The molecule has 12 heteroatoms. The summed E-state index contributed by atoms with van der Waals surface area (Å²) in [7, 11) is 0. The summed E-state index contributed by atoms with van der Waals surface area (Å²) in [6.07, 6.45) is -0.696. The van der Waals surface area contributed by atoms with E-state index in [4.69, 9.17) is 69.6 Å². The zero-order valence-corrected chi connectivity index (χ0v) is 24.4. The highest BCUT2D eigenvalue weighted by Crippen LogP contribution is 2.65. The van der Waals surface area contributed by atoms with Crippen molar-refractivity contribution in [3.63, 3.8) is 0 Å². The quantitative estimate of drug-likeness (QED) is 0.150. The molecule has 1 aliphatic rings. The predicted molar refractivity (Wildman–Crippen MR) is 151 cm³/mol. The second-order valence-corrected chi connectivity index (χ2v) is 12.2. The summed E-state index contributed by atoms with van der Waals surface area (Å²) < 4.78 is 27.0. The van der Waals surface area contributed by atoms with Gasteiger partial charge in [-0.1, -0.05) is 46.4 Å². The normalized spacial score (nSPS) is 17.6. The number of halogens is 8. The number of hydrogen-bond donors (Lipinski definition) is 1. The van der Waals surface area contributed by atoms with Gasteiger partial charge >= 0.3 is 0 Å². The van der Waals surface area contributed by atoms with Gasteiger partial charge in [-0.3, -0.25) is 14.4 Å². The lowest BCUT2D eigenvalue weighted by molar-refractivity contribution is -0.117. The average Bonchev–Trinajstić information content (AvgIpc) is 3.43. The fourth-order valence-corrected chi connectivity index (χ4v) is 5.98. The highest BCUT2D eigenvalue weighted by atomic mass is 35.5. The number of ketones is 2. The van der Waals surface area contributed by atoms with E-state index in [1.807, 2.05) is 0 Å². The zero-order chi connectivity index (χ0) is 28.8. The second-order valence-electron chi connectivity index (χ2n) is 9.13. The molecule has 204 valence electrons. The van der Waals surface area contributed by atoms with Crippen molar-refractivity contribution >= 4 is 92.8 Å². The average molecular weight is 654 g/mol. The molecular formula is C27H17Cl6F2NO3. The lowest BCUT2D eigenvalue weighted by Gasteiger charge is -2.11. The number of hydrogen-bond acceptors (Lipinski definition) is 3. The van der Waals surface area contributed by atoms with Crippen LogP contribution in [0.25, 0.3) is 0 Å². The van der Waals surface area contributed by atoms with Crippen molar-refractivity contribution in [2.45, 2.75) is 30.0 Å². The van der Waals surface area contributed by atoms with Crippen molar-refractivity contribution in [1.29, 1.82) is 0 Å². The Hall–Kier alpha value is -1.93. The molecule has 0 radical (unpaired) electrons. The minimum atomic E-state index is -1.45. The Morgan fingerprint density at radius 1 is 0.846 bits per heavy atom. The molecule has 3 aromatic rings. The number of alkyl halides is 2. The van der Waals surface area contributed by atoms with E-state index in [1.54, 1.807) is 0 Å². The molecule has 1 N–H and O–H groups in total. The molecule has 39 heavy (non-hydrogen) atoms. The number of Topliss-reactive ketones (excluding diaryl/α,β-unsaturated/α-hetero) is 2. The summed E-state index contributed by atoms with van der Waals surface area (Å²) in [4.78, 5) is 37.5. The van der Waals surface area contributed by atoms with Crippen LogP contribution < -0.4 is 5.32 Å². The number of benzene rings is 3. The topological polar surface area (TPSA) is 63.2 Å². The minimum Gasteiger partial charge on any atom is -0.326 e. The fraction of sp³-hybridized carbons (Fsp3) is 0.222. The Morgan fingerprint density at radius 2 is 1.44 bits per heavy atom. The van der Waals surface area contributed by atoms with Gasteiger partial charge in [-0.05, 0) is 60.0 Å². The molecule has 1 fully saturated rings. The number of rotatable bonds is 8. The van der Waals surface area contributed by atoms with E-state index in [2.05, 4.69) is 5.32 Å². The summed E-state index contributed by atoms with van der Waals surface area (Å²) in [5, 5.41) is 3.25. The molecule has 0 spiro atoms. The van der Waals surface area contributed by atoms with E-state index in [1.165, 1.54) is 37.3 Å². The van der Waals surface area contributed by atoms with Crippen LogP contribution in [0.15, 0.2) is 42.5 Å². The van der Waals surface area contributed by atoms with E-state index in [0.717, 1.165) is 6.07 Å². The molecule has 4 nitrogen and oxygen atoms in total. The van der Waals surface area contributed by atoms with Crippen LogP contribution in [0.5, 0.6) is 0 Å². The summed E-state index contributed by atoms with van der Waals surface area (Å²) in [6.45, 7) is 1.27. The third-order valence-electron chi connectivity index (χ3n) is 6.24. The SMILES string of the molecule is CC(=O)Cc1cc(CC(=O)c2cc(NC(=O)[C@H]3[C@H](c4cc(Cl)c(Cl)c(Cl)c4)C3(Cl)Cl)ccc2Cl)c(F)cc1F. The van der Waals surface area contributed by atoms with Crippen molar-refractivity contribution in [1.82, 2.24) is 0 Å². The Bertz CT molecular complexity index is 1500. The molecule has 4 rings (SSSR count). The molecule has 0 aromatic heterocycles. The van der Waals surface area contributed by atoms with Crippen LogP contribution in [0.2, 0.25) is 20.1 Å². The van der Waals surface area contributed by atoms with E-state index >= 15 is 0 Å². The molecule has 2 atom stereocenters. The third kappa shape index (κ3) is 6.37. The highest BCUT2D eigenvalue weighted by molar-refractivity contribution is 6.54. The van der Waals surface area contributed by atoms with Crippen molar-refractivity contribution in [3.8, 4) is 0 Å². The molecule has 0 saturated heterocycles. The van der Waals surface area contributed by atoms with E-state index in [9.17, 15) is 23.2 Å². The van der Waals surface area contributed by atoms with Gasteiger partial charge in [-0.2, -0.15) is 0 Å². The first-order chi connectivity index (χ1) is 18.2. The molecule has 1 aliphatic carbocycles. The summed E-state index contributed by atoms with van der Waals surface area (Å²) in [5.74, 6) is -4.76.